The Kier molecular flexibility index (Phi) is 6.46. The van der Waals surface area contributed by atoms with Crippen molar-refractivity contribution in [2.45, 2.75) is 23.9 Å². The molecule has 5 heteroatoms. The molecule has 0 fully saturated rings. The summed E-state index contributed by atoms with van der Waals surface area (Å²) in [7, 11) is 0. The van der Waals surface area contributed by atoms with Gasteiger partial charge in [0.2, 0.25) is 0 Å². The van der Waals surface area contributed by atoms with Crippen molar-refractivity contribution in [3.05, 3.63) is 74.4 Å². The molecule has 0 spiro atoms. The predicted molar refractivity (Wildman–Crippen MR) is 86.7 cm³/mol. The monoisotopic (exact) mass is 524 g/mol. The van der Waals surface area contributed by atoms with Gasteiger partial charge in [-0.15, -0.1) is 0 Å². The van der Waals surface area contributed by atoms with E-state index in [1.165, 1.54) is 28.8 Å². The van der Waals surface area contributed by atoms with Gasteiger partial charge in [-0.1, -0.05) is 0 Å². The summed E-state index contributed by atoms with van der Waals surface area (Å²) in [4.78, 5) is 0. The summed E-state index contributed by atoms with van der Waals surface area (Å²) >= 11 is -0.987. The first kappa shape index (κ1) is 19.4. The van der Waals surface area contributed by atoms with Gasteiger partial charge in [-0.2, -0.15) is 0 Å². The quantitative estimate of drug-likeness (QED) is 0.455. The summed E-state index contributed by atoms with van der Waals surface area (Å²) in [6.45, 7) is 4.55. The predicted octanol–water partition coefficient (Wildman–Crippen LogP) is -1.35. The van der Waals surface area contributed by atoms with Crippen LogP contribution >= 0.6 is 0 Å². The minimum atomic E-state index is -0.987. The van der Waals surface area contributed by atoms with Gasteiger partial charge in [0, 0.05) is 0 Å². The van der Waals surface area contributed by atoms with E-state index in [0.29, 0.717) is 3.67 Å². The molecule has 4 rings (SSSR count). The van der Waals surface area contributed by atoms with Crippen molar-refractivity contribution in [3.63, 3.8) is 0 Å². The van der Waals surface area contributed by atoms with Crippen LogP contribution in [0, 0.1) is 0 Å². The molecule has 2 aromatic rings. The third-order valence-corrected chi connectivity index (χ3v) is 11.2. The number of nitrogens with zero attached hydrogens (tertiary/aromatic N) is 2. The largest absolute Gasteiger partial charge is 1.00 e. The van der Waals surface area contributed by atoms with Crippen molar-refractivity contribution < 1.29 is 47.7 Å². The molecule has 24 heavy (non-hydrogen) atoms. The van der Waals surface area contributed by atoms with Crippen LogP contribution in [0.3, 0.4) is 0 Å². The third-order valence-electron chi connectivity index (χ3n) is 4.65. The fraction of sp³-hybridized carbons (Fsp3) is 0.211. The number of hydrogen-bond donors (Lipinski definition) is 0. The van der Waals surface area contributed by atoms with E-state index >= 15 is 0 Å². The van der Waals surface area contributed by atoms with E-state index in [1.807, 2.05) is 12.3 Å². The Morgan fingerprint density at radius 1 is 1.12 bits per heavy atom. The average Bonchev–Trinajstić information content (AvgIpc) is 3.23. The zero-order valence-corrected chi connectivity index (χ0v) is 18.7. The number of allylic oxidation sites excluding steroid dienone is 5. The van der Waals surface area contributed by atoms with Gasteiger partial charge in [0.05, 0.1) is 0 Å². The van der Waals surface area contributed by atoms with E-state index in [0.717, 1.165) is 0 Å². The Hall–Kier alpha value is -0.900. The molecule has 2 nitrogen and oxygen atoms in total. The van der Waals surface area contributed by atoms with Crippen molar-refractivity contribution in [1.29, 1.82) is 0 Å². The summed E-state index contributed by atoms with van der Waals surface area (Å²) in [5, 5.41) is 4.49. The van der Waals surface area contributed by atoms with Gasteiger partial charge in [-0.3, -0.25) is 0 Å². The number of fused-ring (bicyclic) bond motifs is 1. The topological polar surface area (TPSA) is 17.8 Å². The smallest absolute Gasteiger partial charge is 1.00 e. The number of benzene rings is 1. The first-order valence-electron chi connectivity index (χ1n) is 7.68. The minimum Gasteiger partial charge on any atom is -1.00 e. The second-order valence-corrected chi connectivity index (χ2v) is 11.2. The van der Waals surface area contributed by atoms with E-state index in [1.54, 1.807) is 8.90 Å². The zero-order chi connectivity index (χ0) is 15.1. The average molecular weight is 524 g/mol. The van der Waals surface area contributed by atoms with E-state index in [9.17, 15) is 0 Å². The van der Waals surface area contributed by atoms with E-state index in [4.69, 9.17) is 0 Å². The fourth-order valence-corrected chi connectivity index (χ4v) is 9.56. The summed E-state index contributed by atoms with van der Waals surface area (Å²) in [6.07, 6.45) is 9.88. The van der Waals surface area contributed by atoms with Crippen LogP contribution in [0.5, 0.6) is 0 Å². The maximum Gasteiger partial charge on any atom is -1.00 e. The van der Waals surface area contributed by atoms with Crippen molar-refractivity contribution in [1.82, 2.24) is 9.78 Å². The van der Waals surface area contributed by atoms with E-state index in [-0.39, 0.29) is 24.8 Å². The normalized spacial score (nSPS) is 18.2. The molecule has 0 radical (unpaired) electrons. The molecule has 1 atom stereocenters. The van der Waals surface area contributed by atoms with Gasteiger partial charge < -0.3 is 24.8 Å². The van der Waals surface area contributed by atoms with Crippen molar-refractivity contribution in [2.24, 2.45) is 0 Å². The van der Waals surface area contributed by atoms with Crippen molar-refractivity contribution >= 4 is 11.8 Å². The molecule has 1 aromatic heterocycles. The van der Waals surface area contributed by atoms with Crippen LogP contribution in [0.15, 0.2) is 63.3 Å². The molecular weight excluding hydrogens is 506 g/mol. The first-order chi connectivity index (χ1) is 10.7. The number of hydrogen-bond acceptors (Lipinski definition) is 1. The molecule has 2 aliphatic rings. The van der Waals surface area contributed by atoms with Crippen molar-refractivity contribution in [2.75, 3.05) is 0 Å². The molecule has 0 aliphatic heterocycles. The SMILES string of the molecule is CC1=CC[C]([Hf+2][CH]2C(n3cccn3)=Cc3ccccc32)=C1C.[Cl-].[Cl-]. The molecule has 0 bridgehead atoms. The standard InChI is InChI=1S/C12H9N2.C7H9.2ClH.Hf/c1-2-5-11-9-12(8-10(11)4-1)14-7-3-6-13-14;1-6-4-3-5-7(6)2;;;/h1-9H;4H,3H2,1-2H3;2*1H;/q;;;;+2/p-2. The summed E-state index contributed by atoms with van der Waals surface area (Å²) < 4.78 is 4.43. The van der Waals surface area contributed by atoms with Gasteiger partial charge in [0.1, 0.15) is 0 Å². The molecule has 0 N–H and O–H groups in total. The van der Waals surface area contributed by atoms with Crippen LogP contribution in [0.1, 0.15) is 35.1 Å². The Morgan fingerprint density at radius 3 is 2.58 bits per heavy atom. The van der Waals surface area contributed by atoms with Crippen LogP contribution in [-0.2, 0) is 22.9 Å². The summed E-state index contributed by atoms with van der Waals surface area (Å²) in [5.74, 6) is 0. The van der Waals surface area contributed by atoms with Crippen LogP contribution in [0.2, 0.25) is 0 Å². The minimum absolute atomic E-state index is 0. The molecule has 0 saturated carbocycles. The molecular formula is C19H18Cl2HfN2. The van der Waals surface area contributed by atoms with Crippen LogP contribution in [0.25, 0.3) is 11.8 Å². The second kappa shape index (κ2) is 7.99. The number of halogens is 2. The van der Waals surface area contributed by atoms with Crippen molar-refractivity contribution in [3.8, 4) is 0 Å². The molecule has 1 unspecified atom stereocenters. The molecule has 1 aromatic carbocycles. The van der Waals surface area contributed by atoms with Gasteiger partial charge in [0.25, 0.3) is 0 Å². The Morgan fingerprint density at radius 2 is 1.92 bits per heavy atom. The molecule has 0 amide bonds. The van der Waals surface area contributed by atoms with Crippen LogP contribution in [0.4, 0.5) is 0 Å². The Balaban J connectivity index is 0.00000104. The second-order valence-electron chi connectivity index (χ2n) is 5.92. The maximum absolute atomic E-state index is 4.49. The molecule has 2 aliphatic carbocycles. The van der Waals surface area contributed by atoms with Gasteiger partial charge in [-0.25, -0.2) is 0 Å². The Labute approximate surface area is 166 Å². The van der Waals surface area contributed by atoms with Crippen LogP contribution < -0.4 is 24.8 Å². The number of rotatable bonds is 3. The van der Waals surface area contributed by atoms with E-state index in [2.05, 4.69) is 66.2 Å². The Bertz CT molecular complexity index is 820. The zero-order valence-electron chi connectivity index (χ0n) is 13.6. The van der Waals surface area contributed by atoms with Gasteiger partial charge in [0.15, 0.2) is 0 Å². The van der Waals surface area contributed by atoms with Crippen LogP contribution in [-0.4, -0.2) is 9.78 Å². The third kappa shape index (κ3) is 3.40. The van der Waals surface area contributed by atoms with Gasteiger partial charge >= 0.3 is 143 Å². The van der Waals surface area contributed by atoms with E-state index < -0.39 is 22.9 Å². The fourth-order valence-electron chi connectivity index (χ4n) is 3.22. The molecule has 1 heterocycles. The first-order valence-corrected chi connectivity index (χ1v) is 11.5. The molecule has 0 saturated heterocycles. The summed E-state index contributed by atoms with van der Waals surface area (Å²) in [5.41, 5.74) is 7.32. The summed E-state index contributed by atoms with van der Waals surface area (Å²) in [6, 6.07) is 10.9. The number of aromatic nitrogens is 2. The molecule has 122 valence electrons. The van der Waals surface area contributed by atoms with Gasteiger partial charge in [-0.05, 0) is 0 Å². The maximum atomic E-state index is 4.49.